The van der Waals surface area contributed by atoms with E-state index in [1.165, 1.54) is 12.1 Å². The largest absolute Gasteiger partial charge is 0.497 e. The molecule has 0 saturated carbocycles. The monoisotopic (exact) mass is 380 g/mol. The molecule has 2 amide bonds. The number of rotatable bonds is 7. The molecule has 0 bridgehead atoms. The smallest absolute Gasteiger partial charge is 0.251 e. The first kappa shape index (κ1) is 19.1. The zero-order valence-corrected chi connectivity index (χ0v) is 15.2. The minimum atomic E-state index is -0.387. The van der Waals surface area contributed by atoms with Crippen LogP contribution in [0.4, 0.5) is 0 Å². The maximum Gasteiger partial charge on any atom is 0.251 e. The molecule has 5 nitrogen and oxygen atoms in total. The van der Waals surface area contributed by atoms with Crippen LogP contribution in [0.3, 0.4) is 0 Å². The summed E-state index contributed by atoms with van der Waals surface area (Å²) < 4.78 is 5.15. The van der Waals surface area contributed by atoms with Crippen molar-refractivity contribution in [2.45, 2.75) is 6.42 Å². The van der Waals surface area contributed by atoms with Crippen molar-refractivity contribution in [1.82, 2.24) is 10.6 Å². The second-order valence-electron chi connectivity index (χ2n) is 5.26. The number of carbonyl (C=O) groups is 2. The van der Waals surface area contributed by atoms with Gasteiger partial charge in [-0.05, 0) is 42.3 Å². The third kappa shape index (κ3) is 5.96. The highest BCUT2D eigenvalue weighted by molar-refractivity contribution is 6.42. The summed E-state index contributed by atoms with van der Waals surface area (Å²) in [7, 11) is 1.61. The van der Waals surface area contributed by atoms with Gasteiger partial charge in [-0.15, -0.1) is 0 Å². The van der Waals surface area contributed by atoms with Crippen molar-refractivity contribution in [2.75, 3.05) is 20.2 Å². The van der Waals surface area contributed by atoms with Crippen molar-refractivity contribution in [2.24, 2.45) is 0 Å². The molecule has 2 aromatic rings. The number of carbonyl (C=O) groups excluding carboxylic acids is 2. The van der Waals surface area contributed by atoms with Crippen LogP contribution in [0.1, 0.15) is 15.9 Å². The van der Waals surface area contributed by atoms with E-state index in [1.54, 1.807) is 13.2 Å². The maximum atomic E-state index is 12.0. The van der Waals surface area contributed by atoms with Gasteiger partial charge in [-0.1, -0.05) is 35.3 Å². The SMILES string of the molecule is COc1cccc(CCNC(=O)CNC(=O)c2ccc(Cl)c(Cl)c2)c1. The van der Waals surface area contributed by atoms with Gasteiger partial charge in [0, 0.05) is 12.1 Å². The van der Waals surface area contributed by atoms with Gasteiger partial charge in [0.25, 0.3) is 5.91 Å². The van der Waals surface area contributed by atoms with Crippen molar-refractivity contribution in [3.8, 4) is 5.75 Å². The summed E-state index contributed by atoms with van der Waals surface area (Å²) >= 11 is 11.7. The van der Waals surface area contributed by atoms with Crippen LogP contribution in [0, 0.1) is 0 Å². The van der Waals surface area contributed by atoms with E-state index in [4.69, 9.17) is 27.9 Å². The lowest BCUT2D eigenvalue weighted by molar-refractivity contribution is -0.120. The average molecular weight is 381 g/mol. The second-order valence-corrected chi connectivity index (χ2v) is 6.08. The first-order valence-electron chi connectivity index (χ1n) is 7.62. The van der Waals surface area contributed by atoms with E-state index in [0.29, 0.717) is 23.6 Å². The van der Waals surface area contributed by atoms with Gasteiger partial charge >= 0.3 is 0 Å². The molecule has 0 spiro atoms. The number of ether oxygens (including phenoxy) is 1. The summed E-state index contributed by atoms with van der Waals surface area (Å²) in [6.45, 7) is 0.353. The fourth-order valence-corrected chi connectivity index (χ4v) is 2.43. The van der Waals surface area contributed by atoms with Crippen molar-refractivity contribution in [1.29, 1.82) is 0 Å². The molecule has 0 aromatic heterocycles. The van der Waals surface area contributed by atoms with Gasteiger partial charge in [-0.2, -0.15) is 0 Å². The molecule has 0 aliphatic heterocycles. The number of benzene rings is 2. The molecule has 0 aliphatic carbocycles. The lowest BCUT2D eigenvalue weighted by atomic mass is 10.1. The Labute approximate surface area is 156 Å². The summed E-state index contributed by atoms with van der Waals surface area (Å²) in [5, 5.41) is 5.95. The van der Waals surface area contributed by atoms with Gasteiger partial charge in [0.15, 0.2) is 0 Å². The van der Waals surface area contributed by atoms with E-state index >= 15 is 0 Å². The summed E-state index contributed by atoms with van der Waals surface area (Å²) in [6.07, 6.45) is 0.670. The quantitative estimate of drug-likeness (QED) is 0.775. The fourth-order valence-electron chi connectivity index (χ4n) is 2.14. The van der Waals surface area contributed by atoms with E-state index in [0.717, 1.165) is 11.3 Å². The Balaban J connectivity index is 1.74. The van der Waals surface area contributed by atoms with E-state index < -0.39 is 0 Å². The van der Waals surface area contributed by atoms with E-state index in [9.17, 15) is 9.59 Å². The Morgan fingerprint density at radius 1 is 1.04 bits per heavy atom. The molecule has 0 saturated heterocycles. The van der Waals surface area contributed by atoms with Crippen LogP contribution < -0.4 is 15.4 Å². The van der Waals surface area contributed by atoms with Crippen molar-refractivity contribution in [3.63, 3.8) is 0 Å². The van der Waals surface area contributed by atoms with Gasteiger partial charge in [-0.25, -0.2) is 0 Å². The zero-order valence-electron chi connectivity index (χ0n) is 13.6. The number of nitrogens with one attached hydrogen (secondary N) is 2. The minimum absolute atomic E-state index is 0.114. The topological polar surface area (TPSA) is 67.4 Å². The molecule has 0 heterocycles. The number of hydrogen-bond acceptors (Lipinski definition) is 3. The molecule has 0 fully saturated rings. The zero-order chi connectivity index (χ0) is 18.2. The second kappa shape index (κ2) is 9.30. The molecule has 132 valence electrons. The highest BCUT2D eigenvalue weighted by atomic mass is 35.5. The van der Waals surface area contributed by atoms with Crippen molar-refractivity contribution >= 4 is 35.0 Å². The van der Waals surface area contributed by atoms with Gasteiger partial charge in [-0.3, -0.25) is 9.59 Å². The predicted molar refractivity (Wildman–Crippen MR) is 98.5 cm³/mol. The number of amides is 2. The highest BCUT2D eigenvalue weighted by Crippen LogP contribution is 2.22. The third-order valence-electron chi connectivity index (χ3n) is 3.46. The Morgan fingerprint density at radius 3 is 2.56 bits per heavy atom. The predicted octanol–water partition coefficient (Wildman–Crippen LogP) is 3.09. The molecule has 0 radical (unpaired) electrons. The van der Waals surface area contributed by atoms with Crippen LogP contribution in [0.25, 0.3) is 0 Å². The summed E-state index contributed by atoms with van der Waals surface area (Å²) in [6, 6.07) is 12.2. The Bertz CT molecular complexity index is 766. The highest BCUT2D eigenvalue weighted by Gasteiger charge is 2.09. The summed E-state index contributed by atoms with van der Waals surface area (Å²) in [5.74, 6) is 0.121. The van der Waals surface area contributed by atoms with Gasteiger partial charge in [0.05, 0.1) is 23.7 Å². The number of halogens is 2. The maximum absolute atomic E-state index is 12.0. The van der Waals surface area contributed by atoms with E-state index in [-0.39, 0.29) is 23.4 Å². The Hall–Kier alpha value is -2.24. The van der Waals surface area contributed by atoms with Crippen LogP contribution in [0.15, 0.2) is 42.5 Å². The van der Waals surface area contributed by atoms with Crippen LogP contribution >= 0.6 is 23.2 Å². The Kier molecular flexibility index (Phi) is 7.10. The number of hydrogen-bond donors (Lipinski definition) is 2. The normalized spacial score (nSPS) is 10.2. The fraction of sp³-hybridized carbons (Fsp3) is 0.222. The summed E-state index contributed by atoms with van der Waals surface area (Å²) in [4.78, 5) is 23.8. The van der Waals surface area contributed by atoms with Gasteiger partial charge in [0.2, 0.25) is 5.91 Å². The third-order valence-corrected chi connectivity index (χ3v) is 4.20. The van der Waals surface area contributed by atoms with Crippen LogP contribution in [0.2, 0.25) is 10.0 Å². The van der Waals surface area contributed by atoms with Crippen molar-refractivity contribution < 1.29 is 14.3 Å². The molecule has 0 unspecified atom stereocenters. The lowest BCUT2D eigenvalue weighted by Crippen LogP contribution is -2.37. The van der Waals surface area contributed by atoms with Gasteiger partial charge in [0.1, 0.15) is 5.75 Å². The molecule has 2 N–H and O–H groups in total. The first-order valence-corrected chi connectivity index (χ1v) is 8.38. The molecule has 7 heteroatoms. The van der Waals surface area contributed by atoms with E-state index in [1.807, 2.05) is 24.3 Å². The number of methoxy groups -OCH3 is 1. The molecule has 0 atom stereocenters. The Morgan fingerprint density at radius 2 is 1.84 bits per heavy atom. The summed E-state index contributed by atoms with van der Waals surface area (Å²) in [5.41, 5.74) is 1.40. The van der Waals surface area contributed by atoms with Crippen LogP contribution in [-0.2, 0) is 11.2 Å². The average Bonchev–Trinajstić information content (AvgIpc) is 2.62. The van der Waals surface area contributed by atoms with Crippen LogP contribution in [-0.4, -0.2) is 32.0 Å². The minimum Gasteiger partial charge on any atom is -0.497 e. The molecular weight excluding hydrogens is 363 g/mol. The molecule has 0 aliphatic rings. The standard InChI is InChI=1S/C18H18Cl2N2O3/c1-25-14-4-2-3-12(9-14)7-8-21-17(23)11-22-18(24)13-5-6-15(19)16(20)10-13/h2-6,9-10H,7-8,11H2,1H3,(H,21,23)(H,22,24). The van der Waals surface area contributed by atoms with Crippen LogP contribution in [0.5, 0.6) is 5.75 Å². The lowest BCUT2D eigenvalue weighted by Gasteiger charge is -2.08. The molecule has 2 aromatic carbocycles. The first-order chi connectivity index (χ1) is 12.0. The van der Waals surface area contributed by atoms with Crippen molar-refractivity contribution in [3.05, 3.63) is 63.6 Å². The molecule has 25 heavy (non-hydrogen) atoms. The van der Waals surface area contributed by atoms with E-state index in [2.05, 4.69) is 10.6 Å². The molecule has 2 rings (SSSR count). The van der Waals surface area contributed by atoms with Gasteiger partial charge < -0.3 is 15.4 Å². The molecular formula is C18H18Cl2N2O3.